The van der Waals surface area contributed by atoms with Crippen LogP contribution in [-0.2, 0) is 82.0 Å². The third-order valence-corrected chi connectivity index (χ3v) is 0. The van der Waals surface area contributed by atoms with Gasteiger partial charge in [0, 0.05) is 0 Å². The van der Waals surface area contributed by atoms with Crippen LogP contribution in [0.5, 0.6) is 0 Å². The molecule has 0 N–H and O–H groups in total. The standard InChI is InChI=1S/Fe.3Li.3Mn.3H3O4P.3H/c;;;;;;;3*1-5(2,3)4;;;/h;;;;;;;3*(H3,1,2,3,4);;;/q+3;;;;3*+2;;;;;;/p-9. The molecule has 0 aromatic carbocycles. The van der Waals surface area contributed by atoms with E-state index in [4.69, 9.17) is 57.7 Å². The Hall–Kier alpha value is 4.20. The van der Waals surface area contributed by atoms with Crippen molar-refractivity contribution in [2.75, 3.05) is 0 Å². The monoisotopic (exact) mass is 530 g/mol. The Morgan fingerprint density at radius 2 is 0.409 bits per heavy atom. The first kappa shape index (κ1) is 63.4. The summed E-state index contributed by atoms with van der Waals surface area (Å²) in [6.07, 6.45) is 0. The van der Waals surface area contributed by atoms with Gasteiger partial charge in [-0.15, -0.1) is 0 Å². The van der Waals surface area contributed by atoms with Gasteiger partial charge >= 0.3 is 125 Å². The van der Waals surface area contributed by atoms with Gasteiger partial charge in [0.25, 0.3) is 0 Å². The van der Waals surface area contributed by atoms with Gasteiger partial charge in [-0.3, -0.25) is 0 Å². The molecule has 0 aliphatic rings. The van der Waals surface area contributed by atoms with Crippen LogP contribution < -0.4 is 44.0 Å². The fourth-order valence-corrected chi connectivity index (χ4v) is 0. The minimum atomic E-state index is -5.39. The molecule has 0 saturated carbocycles. The number of rotatable bonds is 0. The molecule has 0 aromatic rings. The third kappa shape index (κ3) is 738. The van der Waals surface area contributed by atoms with Crippen LogP contribution >= 0.6 is 23.5 Å². The van der Waals surface area contributed by atoms with Crippen LogP contribution in [0, 0.1) is 0 Å². The van der Waals surface area contributed by atoms with Crippen molar-refractivity contribution in [3.05, 3.63) is 0 Å². The SMILES string of the molecule is O=P([O-])([O-])[O-].O=P([O-])([O-])[O-].O=P([O-])([O-])[O-].[Fe+3].[LiH].[LiH].[LiH].[Mn+2].[Mn+2].[Mn+2]. The van der Waals surface area contributed by atoms with Gasteiger partial charge in [0.2, 0.25) is 0 Å². The third-order valence-electron chi connectivity index (χ3n) is 0. The van der Waals surface area contributed by atoms with Crippen molar-refractivity contribution in [1.29, 1.82) is 0 Å². The summed E-state index contributed by atoms with van der Waals surface area (Å²) in [6.45, 7) is 0. The zero-order valence-electron chi connectivity index (χ0n) is 7.73. The van der Waals surface area contributed by atoms with E-state index in [1.165, 1.54) is 0 Å². The van der Waals surface area contributed by atoms with E-state index in [1.807, 2.05) is 0 Å². The topological polar surface area (TPSA) is 259 Å². The molecule has 0 unspecified atom stereocenters. The minimum absolute atomic E-state index is 0. The first-order valence-electron chi connectivity index (χ1n) is 2.19. The molecule has 4 radical (unpaired) electrons. The van der Waals surface area contributed by atoms with Crippen molar-refractivity contribution in [2.45, 2.75) is 0 Å². The normalized spacial score (nSPS) is 8.05. The van der Waals surface area contributed by atoms with E-state index in [9.17, 15) is 0 Å². The molecule has 0 amide bonds. The van der Waals surface area contributed by atoms with E-state index >= 15 is 0 Å². The second-order valence-electron chi connectivity index (χ2n) is 1.34. The van der Waals surface area contributed by atoms with E-state index < -0.39 is 23.5 Å². The minimum Gasteiger partial charge on any atom is 2.00 e. The van der Waals surface area contributed by atoms with E-state index in [0.717, 1.165) is 0 Å². The maximum Gasteiger partial charge on any atom is 2.00 e. The van der Waals surface area contributed by atoms with Crippen molar-refractivity contribution in [3.8, 4) is 0 Å². The van der Waals surface area contributed by atoms with Crippen LogP contribution in [0.3, 0.4) is 0 Å². The van der Waals surface area contributed by atoms with E-state index in [0.29, 0.717) is 0 Å². The van der Waals surface area contributed by atoms with Crippen LogP contribution in [0.4, 0.5) is 0 Å². The molecule has 0 saturated heterocycles. The summed E-state index contributed by atoms with van der Waals surface area (Å²) in [5.41, 5.74) is 0. The quantitative estimate of drug-likeness (QED) is 0.209. The smallest absolute Gasteiger partial charge is 2.00 e. The Labute approximate surface area is 203 Å². The first-order chi connectivity index (χ1) is 6.00. The van der Waals surface area contributed by atoms with Crippen molar-refractivity contribution in [2.24, 2.45) is 0 Å². The molecule has 22 heteroatoms. The van der Waals surface area contributed by atoms with Crippen molar-refractivity contribution in [1.82, 2.24) is 0 Å². The summed E-state index contributed by atoms with van der Waals surface area (Å²) in [7, 11) is -16.2. The summed E-state index contributed by atoms with van der Waals surface area (Å²) < 4.78 is 25.6. The van der Waals surface area contributed by atoms with E-state index in [1.54, 1.807) is 0 Å². The average Bonchev–Trinajstić information content (AvgIpc) is 1.41. The maximum atomic E-state index is 8.55. The van der Waals surface area contributed by atoms with Crippen LogP contribution in [-0.4, -0.2) is 56.6 Å². The van der Waals surface area contributed by atoms with Crippen molar-refractivity contribution < 1.29 is 126 Å². The molecule has 0 fully saturated rings. The Bertz CT molecular complexity index is 227. The molecule has 0 atom stereocenters. The number of phosphoric acid groups is 3. The van der Waals surface area contributed by atoms with Crippen LogP contribution in [0.25, 0.3) is 0 Å². The molecular weight excluding hydrogens is 526 g/mol. The van der Waals surface area contributed by atoms with E-state index in [2.05, 4.69) is 0 Å². The summed E-state index contributed by atoms with van der Waals surface area (Å²) >= 11 is 0. The van der Waals surface area contributed by atoms with Gasteiger partial charge in [-0.25, -0.2) is 0 Å². The van der Waals surface area contributed by atoms with Gasteiger partial charge in [-0.05, 0) is 0 Å². The zero-order chi connectivity index (χ0) is 13.5. The summed E-state index contributed by atoms with van der Waals surface area (Å²) in [5.74, 6) is 0. The zero-order valence-corrected chi connectivity index (χ0v) is 15.1. The van der Waals surface area contributed by atoms with Crippen LogP contribution in [0.15, 0.2) is 0 Å². The number of hydrogen-bond donors (Lipinski definition) is 0. The summed E-state index contributed by atoms with van der Waals surface area (Å²) in [6, 6.07) is 0. The molecule has 0 aliphatic heterocycles. The Kier molecular flexibility index (Phi) is 86.3. The average molecular weight is 529 g/mol. The number of hydrogen-bond acceptors (Lipinski definition) is 12. The van der Waals surface area contributed by atoms with Gasteiger partial charge in [0.15, 0.2) is 0 Å². The van der Waals surface area contributed by atoms with Crippen molar-refractivity contribution >= 4 is 80.0 Å². The molecule has 122 valence electrons. The molecule has 12 nitrogen and oxygen atoms in total. The molecular formula is H3FeLi3Mn3O12P3. The van der Waals surface area contributed by atoms with Crippen LogP contribution in [0.2, 0.25) is 0 Å². The fourth-order valence-electron chi connectivity index (χ4n) is 0. The maximum absolute atomic E-state index is 8.55. The molecule has 22 heavy (non-hydrogen) atoms. The van der Waals surface area contributed by atoms with Gasteiger partial charge < -0.3 is 57.7 Å². The molecule has 0 aliphatic carbocycles. The second kappa shape index (κ2) is 29.9. The molecule has 0 heterocycles. The van der Waals surface area contributed by atoms with Gasteiger partial charge in [-0.2, -0.15) is 23.5 Å². The van der Waals surface area contributed by atoms with Crippen LogP contribution in [0.1, 0.15) is 0 Å². The molecule has 0 rings (SSSR count). The second-order valence-corrected chi connectivity index (χ2v) is 4.02. The molecule has 0 aromatic heterocycles. The predicted molar refractivity (Wildman–Crippen MR) is 44.3 cm³/mol. The Morgan fingerprint density at radius 1 is 0.409 bits per heavy atom. The van der Waals surface area contributed by atoms with Gasteiger partial charge in [-0.1, -0.05) is 0 Å². The summed E-state index contributed by atoms with van der Waals surface area (Å²) in [4.78, 5) is 76.9. The molecule has 0 bridgehead atoms. The Balaban J connectivity index is -0.0000000106. The molecule has 0 spiro atoms. The summed E-state index contributed by atoms with van der Waals surface area (Å²) in [5, 5.41) is 0. The predicted octanol–water partition coefficient (Wildman–Crippen LogP) is -10.4. The van der Waals surface area contributed by atoms with Gasteiger partial charge in [0.1, 0.15) is 0 Å². The first-order valence-corrected chi connectivity index (χ1v) is 6.57. The van der Waals surface area contributed by atoms with E-state index in [-0.39, 0.29) is 125 Å². The van der Waals surface area contributed by atoms with Crippen molar-refractivity contribution in [3.63, 3.8) is 0 Å². The fraction of sp³-hybridized carbons (Fsp3) is 0. The largest absolute Gasteiger partial charge is 2.00 e. The van der Waals surface area contributed by atoms with Gasteiger partial charge in [0.05, 0.1) is 0 Å². The Morgan fingerprint density at radius 3 is 0.409 bits per heavy atom.